The second-order valence-corrected chi connectivity index (χ2v) is 7.12. The van der Waals surface area contributed by atoms with Crippen molar-refractivity contribution in [2.75, 3.05) is 5.32 Å². The third-order valence-electron chi connectivity index (χ3n) is 5.79. The Hall–Kier alpha value is -3.07. The zero-order valence-electron chi connectivity index (χ0n) is 14.2. The maximum absolute atomic E-state index is 11.8. The van der Waals surface area contributed by atoms with Gasteiger partial charge in [-0.25, -0.2) is 4.79 Å². The maximum atomic E-state index is 11.8. The zero-order valence-corrected chi connectivity index (χ0v) is 14.2. The van der Waals surface area contributed by atoms with Gasteiger partial charge < -0.3 is 10.4 Å². The fourth-order valence-electron chi connectivity index (χ4n) is 4.63. The molecule has 1 aliphatic carbocycles. The summed E-state index contributed by atoms with van der Waals surface area (Å²) in [5.41, 5.74) is 3.46. The molecule has 3 aromatic rings. The maximum Gasteiger partial charge on any atom is 0.337 e. The van der Waals surface area contributed by atoms with Gasteiger partial charge in [0.25, 0.3) is 0 Å². The number of carboxylic acid groups (broad SMARTS) is 1. The highest BCUT2D eigenvalue weighted by molar-refractivity contribution is 5.96. The van der Waals surface area contributed by atoms with Crippen LogP contribution in [-0.4, -0.2) is 11.1 Å². The molecule has 0 radical (unpaired) electrons. The number of aromatic carboxylic acids is 1. The van der Waals surface area contributed by atoms with Crippen molar-refractivity contribution in [1.82, 2.24) is 0 Å². The van der Waals surface area contributed by atoms with Gasteiger partial charge in [-0.2, -0.15) is 0 Å². The molecule has 1 aliphatic heterocycles. The second-order valence-electron chi connectivity index (χ2n) is 7.12. The Morgan fingerprint density at radius 3 is 2.62 bits per heavy atom. The van der Waals surface area contributed by atoms with E-state index in [4.69, 9.17) is 0 Å². The molecule has 0 bridgehead atoms. The highest BCUT2D eigenvalue weighted by Crippen LogP contribution is 2.51. The number of hydrogen-bond acceptors (Lipinski definition) is 2. The van der Waals surface area contributed by atoms with Gasteiger partial charge in [-0.1, -0.05) is 66.7 Å². The molecule has 5 rings (SSSR count). The van der Waals surface area contributed by atoms with Crippen molar-refractivity contribution in [3.8, 4) is 0 Å². The highest BCUT2D eigenvalue weighted by Gasteiger charge is 2.39. The lowest BCUT2D eigenvalue weighted by atomic mass is 9.75. The summed E-state index contributed by atoms with van der Waals surface area (Å²) in [7, 11) is 0. The first kappa shape index (κ1) is 15.2. The minimum atomic E-state index is -0.883. The van der Waals surface area contributed by atoms with Gasteiger partial charge >= 0.3 is 5.97 Å². The Balaban J connectivity index is 1.71. The zero-order chi connectivity index (χ0) is 17.7. The van der Waals surface area contributed by atoms with Gasteiger partial charge in [0, 0.05) is 5.92 Å². The molecule has 3 heteroatoms. The first-order chi connectivity index (χ1) is 12.7. The molecule has 0 unspecified atom stereocenters. The Labute approximate surface area is 152 Å². The molecule has 0 saturated carbocycles. The van der Waals surface area contributed by atoms with E-state index in [1.807, 2.05) is 6.07 Å². The van der Waals surface area contributed by atoms with Crippen molar-refractivity contribution in [2.45, 2.75) is 18.4 Å². The van der Waals surface area contributed by atoms with Crippen LogP contribution in [0.5, 0.6) is 0 Å². The van der Waals surface area contributed by atoms with Crippen molar-refractivity contribution < 1.29 is 9.90 Å². The van der Waals surface area contributed by atoms with Crippen LogP contribution in [0.1, 0.15) is 39.9 Å². The van der Waals surface area contributed by atoms with Gasteiger partial charge in [-0.3, -0.25) is 0 Å². The van der Waals surface area contributed by atoms with E-state index >= 15 is 0 Å². The van der Waals surface area contributed by atoms with Gasteiger partial charge in [0.1, 0.15) is 0 Å². The minimum Gasteiger partial charge on any atom is -0.478 e. The highest BCUT2D eigenvalue weighted by atomic mass is 16.4. The molecular weight excluding hydrogens is 322 g/mol. The molecule has 0 fully saturated rings. The van der Waals surface area contributed by atoms with Crippen LogP contribution in [0.15, 0.2) is 72.8 Å². The summed E-state index contributed by atoms with van der Waals surface area (Å²) < 4.78 is 0. The Kier molecular flexibility index (Phi) is 3.35. The molecular formula is C23H19NO2. The first-order valence-electron chi connectivity index (χ1n) is 9.01. The summed E-state index contributed by atoms with van der Waals surface area (Å²) in [6.07, 6.45) is 5.48. The van der Waals surface area contributed by atoms with Crippen LogP contribution < -0.4 is 5.32 Å². The summed E-state index contributed by atoms with van der Waals surface area (Å²) in [5, 5.41) is 15.7. The number of fused-ring (bicyclic) bond motifs is 4. The first-order valence-corrected chi connectivity index (χ1v) is 9.01. The second kappa shape index (κ2) is 5.73. The quantitative estimate of drug-likeness (QED) is 0.617. The van der Waals surface area contributed by atoms with E-state index in [-0.39, 0.29) is 12.0 Å². The molecule has 2 N–H and O–H groups in total. The van der Waals surface area contributed by atoms with Gasteiger partial charge in [0.05, 0.1) is 17.3 Å². The molecule has 3 nitrogen and oxygen atoms in total. The van der Waals surface area contributed by atoms with Gasteiger partial charge in [0.2, 0.25) is 0 Å². The predicted octanol–water partition coefficient (Wildman–Crippen LogP) is 5.36. The number of para-hydroxylation sites is 1. The van der Waals surface area contributed by atoms with E-state index in [2.05, 4.69) is 66.0 Å². The fourth-order valence-corrected chi connectivity index (χ4v) is 4.63. The SMILES string of the molecule is O=C(O)c1cccc2c1N[C@H](c1cccc3ccccc13)[C@@H]1CC=C[C@@H]21. The van der Waals surface area contributed by atoms with Crippen LogP contribution in [0.4, 0.5) is 5.69 Å². The average Bonchev–Trinajstić information content (AvgIpc) is 3.16. The monoisotopic (exact) mass is 341 g/mol. The van der Waals surface area contributed by atoms with E-state index in [0.29, 0.717) is 11.5 Å². The van der Waals surface area contributed by atoms with E-state index < -0.39 is 5.97 Å². The van der Waals surface area contributed by atoms with E-state index in [9.17, 15) is 9.90 Å². The Morgan fingerprint density at radius 1 is 0.962 bits per heavy atom. The standard InChI is InChI=1S/C23H19NO2/c25-23(26)20-13-5-12-19-16-9-4-11-18(16)21(24-22(19)20)17-10-3-7-14-6-1-2-8-15(14)17/h1-10,12-13,16,18,21,24H,11H2,(H,25,26)/t16-,18-,21-/m1/s1. The Morgan fingerprint density at radius 2 is 1.73 bits per heavy atom. The summed E-state index contributed by atoms with van der Waals surface area (Å²) >= 11 is 0. The average molecular weight is 341 g/mol. The molecule has 3 atom stereocenters. The van der Waals surface area contributed by atoms with Gasteiger partial charge in [-0.15, -0.1) is 0 Å². The van der Waals surface area contributed by atoms with Crippen LogP contribution in [0.25, 0.3) is 10.8 Å². The van der Waals surface area contributed by atoms with Crippen LogP contribution in [0, 0.1) is 5.92 Å². The summed E-state index contributed by atoms with van der Waals surface area (Å²) in [6.45, 7) is 0. The molecule has 1 heterocycles. The van der Waals surface area contributed by atoms with Crippen LogP contribution in [-0.2, 0) is 0 Å². The molecule has 3 aromatic carbocycles. The number of carboxylic acids is 1. The molecule has 0 amide bonds. The summed E-state index contributed by atoms with van der Waals surface area (Å²) in [6, 6.07) is 20.5. The van der Waals surface area contributed by atoms with Crippen molar-refractivity contribution >= 4 is 22.4 Å². The normalized spacial score (nSPS) is 23.3. The lowest BCUT2D eigenvalue weighted by molar-refractivity contribution is 0.0697. The summed E-state index contributed by atoms with van der Waals surface area (Å²) in [5.74, 6) is -0.224. The van der Waals surface area contributed by atoms with E-state index in [1.54, 1.807) is 6.07 Å². The predicted molar refractivity (Wildman–Crippen MR) is 104 cm³/mol. The van der Waals surface area contributed by atoms with Crippen molar-refractivity contribution in [1.29, 1.82) is 0 Å². The number of benzene rings is 3. The molecule has 26 heavy (non-hydrogen) atoms. The third kappa shape index (κ3) is 2.17. The van der Waals surface area contributed by atoms with Crippen LogP contribution in [0.3, 0.4) is 0 Å². The number of anilines is 1. The molecule has 128 valence electrons. The van der Waals surface area contributed by atoms with Crippen molar-refractivity contribution in [2.24, 2.45) is 5.92 Å². The van der Waals surface area contributed by atoms with Crippen molar-refractivity contribution in [3.05, 3.63) is 89.5 Å². The van der Waals surface area contributed by atoms with Crippen molar-refractivity contribution in [3.63, 3.8) is 0 Å². The number of nitrogens with one attached hydrogen (secondary N) is 1. The summed E-state index contributed by atoms with van der Waals surface area (Å²) in [4.78, 5) is 11.8. The van der Waals surface area contributed by atoms with Crippen LogP contribution >= 0.6 is 0 Å². The van der Waals surface area contributed by atoms with Gasteiger partial charge in [-0.05, 0) is 40.3 Å². The molecule has 0 aromatic heterocycles. The minimum absolute atomic E-state index is 0.0918. The number of allylic oxidation sites excluding steroid dienone is 2. The van der Waals surface area contributed by atoms with Crippen LogP contribution in [0.2, 0.25) is 0 Å². The topological polar surface area (TPSA) is 49.3 Å². The molecule has 2 aliphatic rings. The van der Waals surface area contributed by atoms with Gasteiger partial charge in [0.15, 0.2) is 0 Å². The number of carbonyl (C=O) groups is 1. The Bertz CT molecular complexity index is 1050. The third-order valence-corrected chi connectivity index (χ3v) is 5.79. The van der Waals surface area contributed by atoms with E-state index in [1.165, 1.54) is 16.3 Å². The lowest BCUT2D eigenvalue weighted by Crippen LogP contribution is -2.30. The van der Waals surface area contributed by atoms with E-state index in [0.717, 1.165) is 17.7 Å². The molecule has 0 spiro atoms. The molecule has 0 saturated heterocycles. The lowest BCUT2D eigenvalue weighted by Gasteiger charge is -2.38. The number of hydrogen-bond donors (Lipinski definition) is 2. The fraction of sp³-hybridized carbons (Fsp3) is 0.174. The largest absolute Gasteiger partial charge is 0.478 e. The number of rotatable bonds is 2. The smallest absolute Gasteiger partial charge is 0.337 e.